The molecule has 3 heterocycles. The highest BCUT2D eigenvalue weighted by Crippen LogP contribution is 2.23. The lowest BCUT2D eigenvalue weighted by Gasteiger charge is -2.32. The van der Waals surface area contributed by atoms with Crippen LogP contribution in [0.25, 0.3) is 5.65 Å². The molecule has 0 spiro atoms. The summed E-state index contributed by atoms with van der Waals surface area (Å²) in [7, 11) is 0. The van der Waals surface area contributed by atoms with Crippen LogP contribution in [0.15, 0.2) is 42.6 Å². The number of hydrogen-bond donors (Lipinski definition) is 1. The molecule has 8 heteroatoms. The molecule has 27 heavy (non-hydrogen) atoms. The third kappa shape index (κ3) is 3.73. The van der Waals surface area contributed by atoms with Crippen LogP contribution < -0.4 is 10.2 Å². The summed E-state index contributed by atoms with van der Waals surface area (Å²) in [5.41, 5.74) is 1.55. The number of nitrogens with one attached hydrogen (secondary N) is 1. The minimum atomic E-state index is -0.463. The maximum Gasteiger partial charge on any atom is 0.231 e. The number of piperidine rings is 1. The minimum absolute atomic E-state index is 0.0195. The van der Waals surface area contributed by atoms with E-state index in [1.54, 1.807) is 6.07 Å². The number of aromatic nitrogens is 3. The Balaban J connectivity index is 1.41. The summed E-state index contributed by atoms with van der Waals surface area (Å²) in [5, 5.41) is 11.5. The molecule has 1 unspecified atom stereocenters. The molecule has 6 nitrogen and oxygen atoms in total. The van der Waals surface area contributed by atoms with Crippen molar-refractivity contribution >= 4 is 29.1 Å². The van der Waals surface area contributed by atoms with Crippen LogP contribution in [0, 0.1) is 11.7 Å². The lowest BCUT2D eigenvalue weighted by Crippen LogP contribution is -2.43. The zero-order valence-electron chi connectivity index (χ0n) is 14.6. The van der Waals surface area contributed by atoms with Gasteiger partial charge in [0.15, 0.2) is 5.65 Å². The van der Waals surface area contributed by atoms with Crippen LogP contribution >= 0.6 is 11.6 Å². The molecule has 0 aliphatic carbocycles. The number of benzene rings is 1. The molecule has 0 bridgehead atoms. The molecule has 0 saturated carbocycles. The predicted octanol–water partition coefficient (Wildman–Crippen LogP) is 3.05. The first-order valence-corrected chi connectivity index (χ1v) is 9.26. The average Bonchev–Trinajstić information content (AvgIpc) is 3.13. The number of carbonyl (C=O) groups is 1. The van der Waals surface area contributed by atoms with Gasteiger partial charge in [0.2, 0.25) is 11.9 Å². The molecule has 4 rings (SSSR count). The summed E-state index contributed by atoms with van der Waals surface area (Å²) in [6.45, 7) is 1.75. The molecule has 1 saturated heterocycles. The van der Waals surface area contributed by atoms with Gasteiger partial charge in [-0.25, -0.2) is 4.39 Å². The highest BCUT2D eigenvalue weighted by atomic mass is 35.5. The number of anilines is 1. The summed E-state index contributed by atoms with van der Waals surface area (Å²) in [6, 6.07) is 10.2. The number of fused-ring (bicyclic) bond motifs is 1. The molecule has 1 amide bonds. The number of amides is 1. The van der Waals surface area contributed by atoms with E-state index in [1.807, 2.05) is 28.8 Å². The third-order valence-corrected chi connectivity index (χ3v) is 5.11. The van der Waals surface area contributed by atoms with Crippen molar-refractivity contribution in [3.63, 3.8) is 0 Å². The summed E-state index contributed by atoms with van der Waals surface area (Å²) in [5.74, 6) is 0.142. The van der Waals surface area contributed by atoms with Gasteiger partial charge in [-0.2, -0.15) is 0 Å². The van der Waals surface area contributed by atoms with Crippen molar-refractivity contribution in [3.8, 4) is 0 Å². The number of carbonyl (C=O) groups excluding carboxylic acids is 1. The number of pyridine rings is 1. The predicted molar refractivity (Wildman–Crippen MR) is 101 cm³/mol. The van der Waals surface area contributed by atoms with Gasteiger partial charge in [0.25, 0.3) is 0 Å². The Hall–Kier alpha value is -2.67. The van der Waals surface area contributed by atoms with E-state index < -0.39 is 5.82 Å². The van der Waals surface area contributed by atoms with Crippen molar-refractivity contribution in [2.24, 2.45) is 5.92 Å². The van der Waals surface area contributed by atoms with E-state index in [4.69, 9.17) is 11.6 Å². The summed E-state index contributed by atoms with van der Waals surface area (Å²) >= 11 is 5.79. The molecule has 1 aliphatic heterocycles. The Bertz CT molecular complexity index is 976. The zero-order valence-corrected chi connectivity index (χ0v) is 15.4. The molecule has 1 aliphatic rings. The van der Waals surface area contributed by atoms with Gasteiger partial charge < -0.3 is 10.2 Å². The van der Waals surface area contributed by atoms with E-state index in [9.17, 15) is 9.18 Å². The van der Waals surface area contributed by atoms with E-state index in [0.29, 0.717) is 13.1 Å². The number of nitrogens with zero attached hydrogens (tertiary/aromatic N) is 4. The Morgan fingerprint density at radius 2 is 2.19 bits per heavy atom. The molecule has 0 radical (unpaired) electrons. The molecule has 1 atom stereocenters. The van der Waals surface area contributed by atoms with Crippen LogP contribution in [0.4, 0.5) is 10.3 Å². The Morgan fingerprint density at radius 1 is 1.30 bits per heavy atom. The van der Waals surface area contributed by atoms with Gasteiger partial charge in [-0.05, 0) is 42.7 Å². The molecule has 3 aromatic rings. The molecule has 2 aromatic heterocycles. The van der Waals surface area contributed by atoms with Crippen molar-refractivity contribution in [2.45, 2.75) is 19.4 Å². The standard InChI is InChI=1S/C19H19ClFN5O/c20-15-10-13(6-7-16(15)21)11-22-18(27)14-4-3-8-25(12-14)19-24-23-17-5-1-2-9-26(17)19/h1-2,5-7,9-10,14H,3-4,8,11-12H2,(H,22,27). The number of rotatable bonds is 4. The highest BCUT2D eigenvalue weighted by Gasteiger charge is 2.28. The lowest BCUT2D eigenvalue weighted by molar-refractivity contribution is -0.125. The van der Waals surface area contributed by atoms with Crippen molar-refractivity contribution in [3.05, 3.63) is 59.0 Å². The summed E-state index contributed by atoms with van der Waals surface area (Å²) < 4.78 is 15.2. The van der Waals surface area contributed by atoms with Gasteiger partial charge in [-0.15, -0.1) is 10.2 Å². The maximum atomic E-state index is 13.2. The quantitative estimate of drug-likeness (QED) is 0.747. The van der Waals surface area contributed by atoms with Gasteiger partial charge in [-0.1, -0.05) is 23.7 Å². The van der Waals surface area contributed by atoms with Gasteiger partial charge in [0, 0.05) is 25.8 Å². The second kappa shape index (κ2) is 7.52. The fourth-order valence-corrected chi connectivity index (χ4v) is 3.60. The number of hydrogen-bond acceptors (Lipinski definition) is 4. The third-order valence-electron chi connectivity index (χ3n) is 4.82. The molecule has 1 aromatic carbocycles. The minimum Gasteiger partial charge on any atom is -0.352 e. The summed E-state index contributed by atoms with van der Waals surface area (Å²) in [6.07, 6.45) is 3.65. The molecule has 140 valence electrons. The first-order chi connectivity index (χ1) is 13.1. The van der Waals surface area contributed by atoms with Crippen molar-refractivity contribution in [1.82, 2.24) is 19.9 Å². The van der Waals surface area contributed by atoms with Crippen LogP contribution in [0.2, 0.25) is 5.02 Å². The van der Waals surface area contributed by atoms with Crippen LogP contribution in [-0.2, 0) is 11.3 Å². The van der Waals surface area contributed by atoms with E-state index in [-0.39, 0.29) is 16.8 Å². The molecular formula is C19H19ClFN5O. The first-order valence-electron chi connectivity index (χ1n) is 8.88. The fourth-order valence-electron chi connectivity index (χ4n) is 3.40. The van der Waals surface area contributed by atoms with Crippen LogP contribution in [0.5, 0.6) is 0 Å². The molecule has 1 fully saturated rings. The van der Waals surface area contributed by atoms with Gasteiger partial charge >= 0.3 is 0 Å². The van der Waals surface area contributed by atoms with Gasteiger partial charge in [0.1, 0.15) is 5.82 Å². The Kier molecular flexibility index (Phi) is 4.94. The second-order valence-corrected chi connectivity index (χ2v) is 7.09. The van der Waals surface area contributed by atoms with E-state index >= 15 is 0 Å². The van der Waals surface area contributed by atoms with Crippen molar-refractivity contribution in [2.75, 3.05) is 18.0 Å². The fraction of sp³-hybridized carbons (Fsp3) is 0.316. The number of halogens is 2. The normalized spacial score (nSPS) is 17.3. The van der Waals surface area contributed by atoms with Crippen LogP contribution in [0.3, 0.4) is 0 Å². The highest BCUT2D eigenvalue weighted by molar-refractivity contribution is 6.30. The van der Waals surface area contributed by atoms with Crippen molar-refractivity contribution < 1.29 is 9.18 Å². The second-order valence-electron chi connectivity index (χ2n) is 6.68. The Morgan fingerprint density at radius 3 is 3.04 bits per heavy atom. The zero-order chi connectivity index (χ0) is 18.8. The first kappa shape index (κ1) is 17.7. The maximum absolute atomic E-state index is 13.2. The Labute approximate surface area is 161 Å². The van der Waals surface area contributed by atoms with Gasteiger partial charge in [0.05, 0.1) is 10.9 Å². The monoisotopic (exact) mass is 387 g/mol. The average molecular weight is 388 g/mol. The summed E-state index contributed by atoms with van der Waals surface area (Å²) in [4.78, 5) is 14.7. The van der Waals surface area contributed by atoms with Crippen molar-refractivity contribution in [1.29, 1.82) is 0 Å². The van der Waals surface area contributed by atoms with Crippen LogP contribution in [-0.4, -0.2) is 33.6 Å². The van der Waals surface area contributed by atoms with E-state index in [0.717, 1.165) is 36.5 Å². The largest absolute Gasteiger partial charge is 0.352 e. The topological polar surface area (TPSA) is 62.5 Å². The van der Waals surface area contributed by atoms with Crippen LogP contribution in [0.1, 0.15) is 18.4 Å². The van der Waals surface area contributed by atoms with Gasteiger partial charge in [-0.3, -0.25) is 9.20 Å². The lowest BCUT2D eigenvalue weighted by atomic mass is 9.97. The SMILES string of the molecule is O=C(NCc1ccc(F)c(Cl)c1)C1CCCN(c2nnc3ccccn23)C1. The molecular weight excluding hydrogens is 369 g/mol. The smallest absolute Gasteiger partial charge is 0.231 e. The molecule has 1 N–H and O–H groups in total. The van der Waals surface area contributed by atoms with E-state index in [1.165, 1.54) is 12.1 Å². The van der Waals surface area contributed by atoms with E-state index in [2.05, 4.69) is 20.4 Å².